The molecule has 196 valence electrons. The van der Waals surface area contributed by atoms with Crippen molar-refractivity contribution in [3.63, 3.8) is 0 Å². The molecular formula is C29H45NO5. The van der Waals surface area contributed by atoms with Crippen LogP contribution in [0.3, 0.4) is 0 Å². The van der Waals surface area contributed by atoms with Gasteiger partial charge in [0.1, 0.15) is 24.7 Å². The number of anilines is 1. The Morgan fingerprint density at radius 3 is 1.74 bits per heavy atom. The van der Waals surface area contributed by atoms with Gasteiger partial charge in [0, 0.05) is 0 Å². The number of hydrogen-bond acceptors (Lipinski definition) is 6. The molecule has 35 heavy (non-hydrogen) atoms. The van der Waals surface area contributed by atoms with Crippen LogP contribution in [-0.2, 0) is 20.6 Å². The van der Waals surface area contributed by atoms with Gasteiger partial charge in [-0.25, -0.2) is 0 Å². The van der Waals surface area contributed by atoms with Crippen molar-refractivity contribution in [2.24, 2.45) is 0 Å². The molecule has 0 spiro atoms. The van der Waals surface area contributed by atoms with Crippen molar-refractivity contribution >= 4 is 5.69 Å². The number of ether oxygens (including phenoxy) is 5. The summed E-state index contributed by atoms with van der Waals surface area (Å²) in [5, 5.41) is 0. The fourth-order valence-corrected chi connectivity index (χ4v) is 3.62. The zero-order chi connectivity index (χ0) is 24.8. The number of para-hydroxylation sites is 2. The van der Waals surface area contributed by atoms with Crippen molar-refractivity contribution in [1.29, 1.82) is 0 Å². The Kier molecular flexibility index (Phi) is 16.5. The minimum atomic E-state index is 0.458. The maximum atomic E-state index is 5.82. The number of aryl methyl sites for hydroxylation is 1. The van der Waals surface area contributed by atoms with Crippen LogP contribution in [0.15, 0.2) is 48.5 Å². The maximum absolute atomic E-state index is 5.82. The molecule has 0 atom stereocenters. The van der Waals surface area contributed by atoms with E-state index in [2.05, 4.69) is 31.2 Å². The van der Waals surface area contributed by atoms with Crippen molar-refractivity contribution in [2.45, 2.75) is 58.3 Å². The fraction of sp³-hybridized carbons (Fsp3) is 0.586. The number of nitrogens with two attached hydrogens (primary N) is 1. The van der Waals surface area contributed by atoms with Gasteiger partial charge in [0.25, 0.3) is 0 Å². The summed E-state index contributed by atoms with van der Waals surface area (Å²) < 4.78 is 27.9. The molecule has 0 amide bonds. The third-order valence-corrected chi connectivity index (χ3v) is 5.64. The normalized spacial score (nSPS) is 11.0. The van der Waals surface area contributed by atoms with E-state index in [9.17, 15) is 0 Å². The molecule has 2 N–H and O–H groups in total. The van der Waals surface area contributed by atoms with E-state index in [4.69, 9.17) is 29.4 Å². The van der Waals surface area contributed by atoms with Gasteiger partial charge in [0.15, 0.2) is 0 Å². The molecule has 0 aliphatic rings. The monoisotopic (exact) mass is 487 g/mol. The van der Waals surface area contributed by atoms with Crippen molar-refractivity contribution in [3.05, 3.63) is 54.1 Å². The van der Waals surface area contributed by atoms with Crippen molar-refractivity contribution in [1.82, 2.24) is 0 Å². The van der Waals surface area contributed by atoms with E-state index >= 15 is 0 Å². The number of benzene rings is 2. The lowest BCUT2D eigenvalue weighted by molar-refractivity contribution is 0.00502. The second kappa shape index (κ2) is 20.0. The van der Waals surface area contributed by atoms with Crippen LogP contribution in [-0.4, -0.2) is 52.9 Å². The lowest BCUT2D eigenvalue weighted by Crippen LogP contribution is -2.14. The average molecular weight is 488 g/mol. The molecule has 0 fully saturated rings. The Morgan fingerprint density at radius 1 is 0.571 bits per heavy atom. The lowest BCUT2D eigenvalue weighted by Gasteiger charge is -2.10. The van der Waals surface area contributed by atoms with Crippen LogP contribution in [0.4, 0.5) is 5.69 Å². The van der Waals surface area contributed by atoms with E-state index in [-0.39, 0.29) is 0 Å². The number of hydrogen-bond donors (Lipinski definition) is 1. The van der Waals surface area contributed by atoms with Gasteiger partial charge < -0.3 is 29.4 Å². The molecule has 2 aromatic rings. The van der Waals surface area contributed by atoms with Crippen LogP contribution < -0.4 is 15.2 Å². The number of rotatable bonds is 22. The predicted octanol–water partition coefficient (Wildman–Crippen LogP) is 6.07. The molecule has 0 saturated carbocycles. The summed E-state index contributed by atoms with van der Waals surface area (Å²) >= 11 is 0. The zero-order valence-corrected chi connectivity index (χ0v) is 21.6. The quantitative estimate of drug-likeness (QED) is 0.161. The highest BCUT2D eigenvalue weighted by Gasteiger charge is 1.99. The summed E-state index contributed by atoms with van der Waals surface area (Å²) in [5.41, 5.74) is 7.84. The summed E-state index contributed by atoms with van der Waals surface area (Å²) in [7, 11) is 0. The first-order valence-corrected chi connectivity index (χ1v) is 13.2. The Balaban J connectivity index is 1.34. The van der Waals surface area contributed by atoms with E-state index in [1.54, 1.807) is 0 Å². The maximum Gasteiger partial charge on any atom is 0.142 e. The van der Waals surface area contributed by atoms with E-state index in [0.29, 0.717) is 64.3 Å². The standard InChI is InChI=1S/C29H45NO5/c1-2-3-4-5-6-7-8-11-26-14-16-27(17-15-26)34-24-22-32-20-18-31-19-21-33-23-25-35-29-13-10-9-12-28(29)30/h9-10,12-17H,2-8,11,18-25,30H2,1H3. The van der Waals surface area contributed by atoms with Gasteiger partial charge in [0.2, 0.25) is 0 Å². The molecule has 0 aliphatic heterocycles. The van der Waals surface area contributed by atoms with E-state index < -0.39 is 0 Å². The number of unbranched alkanes of at least 4 members (excludes halogenated alkanes) is 6. The van der Waals surface area contributed by atoms with Gasteiger partial charge in [-0.3, -0.25) is 0 Å². The Labute approximate surface area is 212 Å². The van der Waals surface area contributed by atoms with E-state index in [0.717, 1.165) is 12.2 Å². The molecule has 0 aliphatic carbocycles. The smallest absolute Gasteiger partial charge is 0.142 e. The molecule has 0 unspecified atom stereocenters. The summed E-state index contributed by atoms with van der Waals surface area (Å²) in [6.07, 6.45) is 10.6. The first-order chi connectivity index (χ1) is 17.3. The molecule has 0 radical (unpaired) electrons. The number of nitrogen functional groups attached to an aromatic ring is 1. The fourth-order valence-electron chi connectivity index (χ4n) is 3.62. The molecule has 6 heteroatoms. The largest absolute Gasteiger partial charge is 0.491 e. The molecule has 0 heterocycles. The highest BCUT2D eigenvalue weighted by atomic mass is 16.6. The van der Waals surface area contributed by atoms with Crippen molar-refractivity contribution in [2.75, 3.05) is 58.6 Å². The lowest BCUT2D eigenvalue weighted by atomic mass is 10.0. The molecule has 0 bridgehead atoms. The zero-order valence-electron chi connectivity index (χ0n) is 21.6. The summed E-state index contributed by atoms with van der Waals surface area (Å²) in [6.45, 7) is 6.41. The van der Waals surface area contributed by atoms with Crippen LogP contribution >= 0.6 is 0 Å². The first kappa shape index (κ1) is 29.0. The molecular weight excluding hydrogens is 442 g/mol. The van der Waals surface area contributed by atoms with Gasteiger partial charge in [-0.15, -0.1) is 0 Å². The summed E-state index contributed by atoms with van der Waals surface area (Å²) in [6, 6.07) is 15.9. The second-order valence-electron chi connectivity index (χ2n) is 8.59. The molecule has 6 nitrogen and oxygen atoms in total. The Hall–Kier alpha value is -2.28. The van der Waals surface area contributed by atoms with Gasteiger partial charge in [-0.05, 0) is 42.7 Å². The third kappa shape index (κ3) is 14.7. The van der Waals surface area contributed by atoms with Gasteiger partial charge in [0.05, 0.1) is 45.3 Å². The molecule has 2 aromatic carbocycles. The van der Waals surface area contributed by atoms with Crippen LogP contribution in [0.1, 0.15) is 57.4 Å². The van der Waals surface area contributed by atoms with Crippen molar-refractivity contribution < 1.29 is 23.7 Å². The minimum Gasteiger partial charge on any atom is -0.491 e. The first-order valence-electron chi connectivity index (χ1n) is 13.2. The van der Waals surface area contributed by atoms with Crippen LogP contribution in [0.2, 0.25) is 0 Å². The van der Waals surface area contributed by atoms with Crippen molar-refractivity contribution in [3.8, 4) is 11.5 Å². The highest BCUT2D eigenvalue weighted by Crippen LogP contribution is 2.19. The average Bonchev–Trinajstić information content (AvgIpc) is 2.88. The van der Waals surface area contributed by atoms with Gasteiger partial charge >= 0.3 is 0 Å². The Bertz CT molecular complexity index is 753. The van der Waals surface area contributed by atoms with Crippen LogP contribution in [0.5, 0.6) is 11.5 Å². The minimum absolute atomic E-state index is 0.458. The van der Waals surface area contributed by atoms with E-state index in [1.807, 2.05) is 24.3 Å². The van der Waals surface area contributed by atoms with Crippen LogP contribution in [0.25, 0.3) is 0 Å². The molecule has 0 saturated heterocycles. The third-order valence-electron chi connectivity index (χ3n) is 5.64. The topological polar surface area (TPSA) is 72.2 Å². The summed E-state index contributed by atoms with van der Waals surface area (Å²) in [4.78, 5) is 0. The Morgan fingerprint density at radius 2 is 1.11 bits per heavy atom. The highest BCUT2D eigenvalue weighted by molar-refractivity contribution is 5.51. The van der Waals surface area contributed by atoms with E-state index in [1.165, 1.54) is 50.5 Å². The van der Waals surface area contributed by atoms with Gasteiger partial charge in [-0.2, -0.15) is 0 Å². The predicted molar refractivity (Wildman–Crippen MR) is 142 cm³/mol. The second-order valence-corrected chi connectivity index (χ2v) is 8.59. The van der Waals surface area contributed by atoms with Crippen LogP contribution in [0, 0.1) is 0 Å². The summed E-state index contributed by atoms with van der Waals surface area (Å²) in [5.74, 6) is 1.58. The molecule has 0 aromatic heterocycles. The van der Waals surface area contributed by atoms with Gasteiger partial charge in [-0.1, -0.05) is 69.7 Å². The molecule has 2 rings (SSSR count). The SMILES string of the molecule is CCCCCCCCCc1ccc(OCCOCCOCCOCCOc2ccccc2N)cc1.